The molecule has 66 valence electrons. The van der Waals surface area contributed by atoms with Gasteiger partial charge < -0.3 is 5.73 Å². The van der Waals surface area contributed by atoms with Crippen molar-refractivity contribution in [3.63, 3.8) is 0 Å². The lowest BCUT2D eigenvalue weighted by atomic mass is 9.83. The zero-order chi connectivity index (χ0) is 8.39. The Balaban J connectivity index is 1.99. The van der Waals surface area contributed by atoms with Crippen LogP contribution in [0.4, 0.5) is 0 Å². The van der Waals surface area contributed by atoms with Gasteiger partial charge in [0.1, 0.15) is 0 Å². The molecule has 12 heavy (non-hydrogen) atoms. The molecule has 1 saturated carbocycles. The molecule has 0 radical (unpaired) electrons. The van der Waals surface area contributed by atoms with Gasteiger partial charge in [0.05, 0.1) is 6.20 Å². The number of rotatable bonds is 1. The van der Waals surface area contributed by atoms with Gasteiger partial charge in [-0.1, -0.05) is 0 Å². The third-order valence-electron chi connectivity index (χ3n) is 2.76. The molecule has 2 rings (SSSR count). The summed E-state index contributed by atoms with van der Waals surface area (Å²) >= 11 is 0. The quantitative estimate of drug-likeness (QED) is 0.660. The highest BCUT2D eigenvalue weighted by molar-refractivity contribution is 5.11. The summed E-state index contributed by atoms with van der Waals surface area (Å²) in [5.74, 6) is 0.698. The van der Waals surface area contributed by atoms with Gasteiger partial charge in [-0.05, 0) is 37.2 Å². The molecule has 1 aliphatic rings. The maximum absolute atomic E-state index is 5.83. The molecule has 0 saturated heterocycles. The van der Waals surface area contributed by atoms with Gasteiger partial charge in [0.2, 0.25) is 0 Å². The van der Waals surface area contributed by atoms with E-state index in [-0.39, 0.29) is 0 Å². The second-order valence-corrected chi connectivity index (χ2v) is 3.64. The van der Waals surface area contributed by atoms with Gasteiger partial charge in [-0.2, -0.15) is 5.10 Å². The van der Waals surface area contributed by atoms with E-state index in [1.54, 1.807) is 0 Å². The van der Waals surface area contributed by atoms with Crippen molar-refractivity contribution in [2.24, 2.45) is 5.73 Å². The Bertz CT molecular complexity index is 222. The molecular formula is C9H15N3. The number of hydrogen-bond acceptors (Lipinski definition) is 2. The van der Waals surface area contributed by atoms with Crippen LogP contribution in [-0.4, -0.2) is 16.2 Å². The van der Waals surface area contributed by atoms with E-state index in [0.29, 0.717) is 12.0 Å². The maximum atomic E-state index is 5.83. The topological polar surface area (TPSA) is 54.7 Å². The standard InChI is InChI=1S/C9H15N3/c10-9-3-1-7(2-4-9)8-5-11-12-6-8/h5-7,9H,1-4,10H2,(H,11,12). The van der Waals surface area contributed by atoms with Crippen molar-refractivity contribution in [3.05, 3.63) is 18.0 Å². The van der Waals surface area contributed by atoms with E-state index in [0.717, 1.165) is 12.8 Å². The van der Waals surface area contributed by atoms with Crippen LogP contribution in [0.5, 0.6) is 0 Å². The first kappa shape index (κ1) is 7.80. The Hall–Kier alpha value is -0.830. The fraction of sp³-hybridized carbons (Fsp3) is 0.667. The van der Waals surface area contributed by atoms with Crippen LogP contribution in [-0.2, 0) is 0 Å². The molecule has 0 aromatic carbocycles. The van der Waals surface area contributed by atoms with Crippen molar-refractivity contribution in [2.75, 3.05) is 0 Å². The fourth-order valence-corrected chi connectivity index (χ4v) is 1.94. The predicted molar refractivity (Wildman–Crippen MR) is 47.8 cm³/mol. The second-order valence-electron chi connectivity index (χ2n) is 3.64. The predicted octanol–water partition coefficient (Wildman–Crippen LogP) is 1.39. The molecule has 1 heterocycles. The third-order valence-corrected chi connectivity index (χ3v) is 2.76. The maximum Gasteiger partial charge on any atom is 0.0522 e. The highest BCUT2D eigenvalue weighted by Gasteiger charge is 2.20. The molecule has 3 heteroatoms. The summed E-state index contributed by atoms with van der Waals surface area (Å²) in [6, 6.07) is 0.438. The van der Waals surface area contributed by atoms with Crippen molar-refractivity contribution >= 4 is 0 Å². The molecule has 0 atom stereocenters. The molecule has 3 N–H and O–H groups in total. The average molecular weight is 165 g/mol. The average Bonchev–Trinajstić information content (AvgIpc) is 2.58. The van der Waals surface area contributed by atoms with Crippen molar-refractivity contribution in [2.45, 2.75) is 37.6 Å². The van der Waals surface area contributed by atoms with E-state index in [1.807, 2.05) is 12.4 Å². The van der Waals surface area contributed by atoms with E-state index in [9.17, 15) is 0 Å². The molecule has 3 nitrogen and oxygen atoms in total. The van der Waals surface area contributed by atoms with Crippen LogP contribution in [0.25, 0.3) is 0 Å². The number of H-pyrrole nitrogens is 1. The normalized spacial score (nSPS) is 30.4. The molecule has 1 aromatic heterocycles. The van der Waals surface area contributed by atoms with Gasteiger partial charge in [-0.3, -0.25) is 5.10 Å². The summed E-state index contributed by atoms with van der Waals surface area (Å²) < 4.78 is 0. The van der Waals surface area contributed by atoms with E-state index in [1.165, 1.54) is 18.4 Å². The Morgan fingerprint density at radius 3 is 2.67 bits per heavy atom. The molecule has 1 aliphatic carbocycles. The molecule has 0 unspecified atom stereocenters. The Kier molecular flexibility index (Phi) is 2.13. The molecule has 0 amide bonds. The van der Waals surface area contributed by atoms with Gasteiger partial charge in [0.25, 0.3) is 0 Å². The van der Waals surface area contributed by atoms with E-state index >= 15 is 0 Å². The lowest BCUT2D eigenvalue weighted by Crippen LogP contribution is -2.25. The van der Waals surface area contributed by atoms with E-state index in [4.69, 9.17) is 5.73 Å². The van der Waals surface area contributed by atoms with Gasteiger partial charge >= 0.3 is 0 Å². The highest BCUT2D eigenvalue weighted by Crippen LogP contribution is 2.31. The number of nitrogens with two attached hydrogens (primary N) is 1. The SMILES string of the molecule is NC1CCC(c2cn[nH]c2)CC1. The summed E-state index contributed by atoms with van der Waals surface area (Å²) in [5, 5.41) is 6.82. The minimum atomic E-state index is 0.438. The second kappa shape index (κ2) is 3.27. The van der Waals surface area contributed by atoms with Gasteiger partial charge in [-0.25, -0.2) is 0 Å². The smallest absolute Gasteiger partial charge is 0.0522 e. The first-order valence-electron chi connectivity index (χ1n) is 4.60. The summed E-state index contributed by atoms with van der Waals surface area (Å²) in [6.07, 6.45) is 8.70. The number of hydrogen-bond donors (Lipinski definition) is 2. The van der Waals surface area contributed by atoms with Crippen molar-refractivity contribution in [1.29, 1.82) is 0 Å². The lowest BCUT2D eigenvalue weighted by molar-refractivity contribution is 0.395. The first-order valence-corrected chi connectivity index (χ1v) is 4.60. The zero-order valence-corrected chi connectivity index (χ0v) is 7.16. The molecule has 0 bridgehead atoms. The third kappa shape index (κ3) is 1.50. The van der Waals surface area contributed by atoms with Crippen molar-refractivity contribution < 1.29 is 0 Å². The van der Waals surface area contributed by atoms with Crippen LogP contribution in [0.15, 0.2) is 12.4 Å². The van der Waals surface area contributed by atoms with Crippen LogP contribution in [0, 0.1) is 0 Å². The highest BCUT2D eigenvalue weighted by atomic mass is 15.1. The Morgan fingerprint density at radius 2 is 2.08 bits per heavy atom. The van der Waals surface area contributed by atoms with Crippen molar-refractivity contribution in [1.82, 2.24) is 10.2 Å². The van der Waals surface area contributed by atoms with E-state index in [2.05, 4.69) is 10.2 Å². The first-order chi connectivity index (χ1) is 5.86. The zero-order valence-electron chi connectivity index (χ0n) is 7.16. The summed E-state index contributed by atoms with van der Waals surface area (Å²) in [7, 11) is 0. The van der Waals surface area contributed by atoms with Crippen molar-refractivity contribution in [3.8, 4) is 0 Å². The molecular weight excluding hydrogens is 150 g/mol. The number of nitrogens with zero attached hydrogens (tertiary/aromatic N) is 1. The number of aromatic amines is 1. The summed E-state index contributed by atoms with van der Waals surface area (Å²) in [6.45, 7) is 0. The van der Waals surface area contributed by atoms with Gasteiger partial charge in [0, 0.05) is 12.2 Å². The lowest BCUT2D eigenvalue weighted by Gasteiger charge is -2.24. The largest absolute Gasteiger partial charge is 0.328 e. The van der Waals surface area contributed by atoms with Crippen LogP contribution < -0.4 is 5.73 Å². The number of aromatic nitrogens is 2. The molecule has 0 aliphatic heterocycles. The minimum absolute atomic E-state index is 0.438. The van der Waals surface area contributed by atoms with Crippen LogP contribution >= 0.6 is 0 Å². The minimum Gasteiger partial charge on any atom is -0.328 e. The number of nitrogens with one attached hydrogen (secondary N) is 1. The fourth-order valence-electron chi connectivity index (χ4n) is 1.94. The Labute approximate surface area is 72.4 Å². The summed E-state index contributed by atoms with van der Waals surface area (Å²) in [4.78, 5) is 0. The monoisotopic (exact) mass is 165 g/mol. The van der Waals surface area contributed by atoms with Gasteiger partial charge in [0.15, 0.2) is 0 Å². The summed E-state index contributed by atoms with van der Waals surface area (Å²) in [5.41, 5.74) is 7.18. The van der Waals surface area contributed by atoms with E-state index < -0.39 is 0 Å². The Morgan fingerprint density at radius 1 is 1.33 bits per heavy atom. The molecule has 0 spiro atoms. The molecule has 1 aromatic rings. The molecule has 1 fully saturated rings. The van der Waals surface area contributed by atoms with Gasteiger partial charge in [-0.15, -0.1) is 0 Å². The van der Waals surface area contributed by atoms with Crippen LogP contribution in [0.1, 0.15) is 37.2 Å². The van der Waals surface area contributed by atoms with Crippen LogP contribution in [0.2, 0.25) is 0 Å². The van der Waals surface area contributed by atoms with Crippen LogP contribution in [0.3, 0.4) is 0 Å².